The Morgan fingerprint density at radius 2 is 2.15 bits per heavy atom. The molecular weight excluding hydrogens is 292 g/mol. The summed E-state index contributed by atoms with van der Waals surface area (Å²) in [5, 5.41) is 12.7. The van der Waals surface area contributed by atoms with Gasteiger partial charge in [-0.1, -0.05) is 0 Å². The molecule has 0 N–H and O–H groups in total. The number of aryl methyl sites for hydroxylation is 3. The van der Waals surface area contributed by atoms with Crippen molar-refractivity contribution in [1.29, 1.82) is 0 Å². The predicted octanol–water partition coefficient (Wildman–Crippen LogP) is 2.11. The maximum Gasteiger partial charge on any atom is 0.128 e. The number of carboxylic acids is 1. The van der Waals surface area contributed by atoms with Crippen molar-refractivity contribution in [3.8, 4) is 0 Å². The van der Waals surface area contributed by atoms with Crippen LogP contribution >= 0.6 is 23.1 Å². The molecule has 0 saturated heterocycles. The fraction of sp³-hybridized carbons (Fsp3) is 0.500. The number of carbonyl (C=O) groups is 1. The number of nitrogens with zero attached hydrogens (tertiary/aromatic N) is 2. The van der Waals surface area contributed by atoms with E-state index in [9.17, 15) is 9.90 Å². The average molecular weight is 307 g/mol. The standard InChI is InChI=1S/C14H16N2O2S2/c1-8-15-13(19-7-6-11(17)18)12-9-4-2-3-5-10(9)20-14(12)16-8/h2-7H2,1H3,(H,17,18)/p-1. The molecule has 0 fully saturated rings. The molecule has 20 heavy (non-hydrogen) atoms. The summed E-state index contributed by atoms with van der Waals surface area (Å²) in [5.74, 6) is 0.248. The maximum absolute atomic E-state index is 10.5. The summed E-state index contributed by atoms with van der Waals surface area (Å²) in [6.07, 6.45) is 4.76. The average Bonchev–Trinajstić information content (AvgIpc) is 2.75. The van der Waals surface area contributed by atoms with Crippen LogP contribution in [-0.4, -0.2) is 21.7 Å². The van der Waals surface area contributed by atoms with Gasteiger partial charge in [0, 0.05) is 22.0 Å². The molecule has 4 nitrogen and oxygen atoms in total. The highest BCUT2D eigenvalue weighted by Crippen LogP contribution is 2.39. The first-order valence-electron chi connectivity index (χ1n) is 6.76. The van der Waals surface area contributed by atoms with Crippen LogP contribution in [0, 0.1) is 6.92 Å². The molecule has 0 amide bonds. The molecule has 0 aromatic carbocycles. The van der Waals surface area contributed by atoms with E-state index in [4.69, 9.17) is 0 Å². The van der Waals surface area contributed by atoms with Gasteiger partial charge in [0.2, 0.25) is 0 Å². The van der Waals surface area contributed by atoms with E-state index in [0.717, 1.165) is 28.5 Å². The Hall–Kier alpha value is -1.14. The zero-order valence-electron chi connectivity index (χ0n) is 11.3. The highest BCUT2D eigenvalue weighted by Gasteiger charge is 2.20. The monoisotopic (exact) mass is 307 g/mol. The van der Waals surface area contributed by atoms with Crippen molar-refractivity contribution in [3.63, 3.8) is 0 Å². The van der Waals surface area contributed by atoms with Crippen LogP contribution in [-0.2, 0) is 17.6 Å². The zero-order chi connectivity index (χ0) is 14.1. The first-order chi connectivity index (χ1) is 9.65. The lowest BCUT2D eigenvalue weighted by Gasteiger charge is -2.11. The van der Waals surface area contributed by atoms with Crippen LogP contribution in [0.15, 0.2) is 5.03 Å². The summed E-state index contributed by atoms with van der Waals surface area (Å²) in [6.45, 7) is 1.89. The second kappa shape index (κ2) is 5.69. The van der Waals surface area contributed by atoms with Crippen molar-refractivity contribution >= 4 is 39.3 Å². The third kappa shape index (κ3) is 2.67. The van der Waals surface area contributed by atoms with Crippen LogP contribution in [0.4, 0.5) is 0 Å². The maximum atomic E-state index is 10.5. The highest BCUT2D eigenvalue weighted by atomic mass is 32.2. The lowest BCUT2D eigenvalue weighted by Crippen LogP contribution is -2.22. The van der Waals surface area contributed by atoms with Gasteiger partial charge in [-0.3, -0.25) is 0 Å². The van der Waals surface area contributed by atoms with E-state index in [1.807, 2.05) is 6.92 Å². The molecule has 2 aromatic rings. The Labute approximate surface area is 125 Å². The Morgan fingerprint density at radius 3 is 2.95 bits per heavy atom. The van der Waals surface area contributed by atoms with Crippen LogP contribution in [0.1, 0.15) is 35.5 Å². The number of fused-ring (bicyclic) bond motifs is 3. The number of aromatic nitrogens is 2. The Morgan fingerprint density at radius 1 is 1.35 bits per heavy atom. The SMILES string of the molecule is Cc1nc(SCCC(=O)[O-])c2c3c(sc2n1)CCCC3. The Balaban J connectivity index is 2.00. The number of aliphatic carboxylic acids is 1. The molecule has 0 spiro atoms. The van der Waals surface area contributed by atoms with Crippen molar-refractivity contribution < 1.29 is 9.90 Å². The Bertz CT molecular complexity index is 667. The van der Waals surface area contributed by atoms with Crippen molar-refractivity contribution in [2.45, 2.75) is 44.1 Å². The summed E-state index contributed by atoms with van der Waals surface area (Å²) in [7, 11) is 0. The van der Waals surface area contributed by atoms with Crippen molar-refractivity contribution in [3.05, 3.63) is 16.3 Å². The van der Waals surface area contributed by atoms with E-state index in [-0.39, 0.29) is 6.42 Å². The molecule has 1 aliphatic rings. The van der Waals surface area contributed by atoms with Gasteiger partial charge in [0.1, 0.15) is 15.7 Å². The molecule has 0 radical (unpaired) electrons. The predicted molar refractivity (Wildman–Crippen MR) is 79.1 cm³/mol. The Kier molecular flexibility index (Phi) is 3.94. The molecule has 2 aromatic heterocycles. The number of thiophene rings is 1. The third-order valence-corrected chi connectivity index (χ3v) is 5.60. The van der Waals surface area contributed by atoms with E-state index >= 15 is 0 Å². The summed E-state index contributed by atoms with van der Waals surface area (Å²) < 4.78 is 0. The molecule has 0 unspecified atom stereocenters. The molecular formula is C14H15N2O2S2-. The van der Waals surface area contributed by atoms with Gasteiger partial charge in [-0.2, -0.15) is 0 Å². The minimum absolute atomic E-state index is 0.0571. The number of hydrogen-bond acceptors (Lipinski definition) is 6. The third-order valence-electron chi connectivity index (χ3n) is 3.44. The first kappa shape index (κ1) is 13.8. The van der Waals surface area contributed by atoms with Gasteiger partial charge in [-0.15, -0.1) is 23.1 Å². The molecule has 1 aliphatic carbocycles. The van der Waals surface area contributed by atoms with Crippen LogP contribution in [0.5, 0.6) is 0 Å². The number of rotatable bonds is 4. The van der Waals surface area contributed by atoms with E-state index in [0.29, 0.717) is 5.75 Å². The summed E-state index contributed by atoms with van der Waals surface area (Å²) >= 11 is 3.28. The van der Waals surface area contributed by atoms with Crippen LogP contribution < -0.4 is 5.11 Å². The minimum atomic E-state index is -1.01. The second-order valence-electron chi connectivity index (χ2n) is 4.94. The molecule has 0 saturated carbocycles. The molecule has 0 aliphatic heterocycles. The number of thioether (sulfide) groups is 1. The van der Waals surface area contributed by atoms with E-state index in [2.05, 4.69) is 9.97 Å². The normalized spacial score (nSPS) is 14.4. The van der Waals surface area contributed by atoms with Crippen molar-refractivity contribution in [1.82, 2.24) is 9.97 Å². The van der Waals surface area contributed by atoms with Gasteiger partial charge < -0.3 is 9.90 Å². The van der Waals surface area contributed by atoms with Crippen molar-refractivity contribution in [2.24, 2.45) is 0 Å². The summed E-state index contributed by atoms with van der Waals surface area (Å²) in [4.78, 5) is 22.1. The number of carboxylic acid groups (broad SMARTS) is 1. The smallest absolute Gasteiger partial charge is 0.128 e. The van der Waals surface area contributed by atoms with Gasteiger partial charge in [-0.25, -0.2) is 9.97 Å². The quantitative estimate of drug-likeness (QED) is 0.639. The van der Waals surface area contributed by atoms with E-state index < -0.39 is 5.97 Å². The first-order valence-corrected chi connectivity index (χ1v) is 8.57. The number of carbonyl (C=O) groups excluding carboxylic acids is 1. The topological polar surface area (TPSA) is 65.9 Å². The zero-order valence-corrected chi connectivity index (χ0v) is 12.9. The van der Waals surface area contributed by atoms with Crippen molar-refractivity contribution in [2.75, 3.05) is 5.75 Å². The van der Waals surface area contributed by atoms with Crippen LogP contribution in [0.2, 0.25) is 0 Å². The van der Waals surface area contributed by atoms with Gasteiger partial charge in [0.25, 0.3) is 0 Å². The molecule has 0 atom stereocenters. The van der Waals surface area contributed by atoms with Gasteiger partial charge in [0.15, 0.2) is 0 Å². The molecule has 6 heteroatoms. The summed E-state index contributed by atoms with van der Waals surface area (Å²) in [6, 6.07) is 0. The largest absolute Gasteiger partial charge is 0.550 e. The van der Waals surface area contributed by atoms with E-state index in [1.54, 1.807) is 11.3 Å². The lowest BCUT2D eigenvalue weighted by atomic mass is 9.97. The van der Waals surface area contributed by atoms with Crippen LogP contribution in [0.25, 0.3) is 10.2 Å². The second-order valence-corrected chi connectivity index (χ2v) is 7.10. The molecule has 3 rings (SSSR count). The van der Waals surface area contributed by atoms with Gasteiger partial charge in [-0.05, 0) is 44.6 Å². The minimum Gasteiger partial charge on any atom is -0.550 e. The highest BCUT2D eigenvalue weighted by molar-refractivity contribution is 7.99. The van der Waals surface area contributed by atoms with Crippen LogP contribution in [0.3, 0.4) is 0 Å². The fourth-order valence-electron chi connectivity index (χ4n) is 2.56. The summed E-state index contributed by atoms with van der Waals surface area (Å²) in [5.41, 5.74) is 1.40. The van der Waals surface area contributed by atoms with Gasteiger partial charge >= 0.3 is 0 Å². The lowest BCUT2D eigenvalue weighted by molar-refractivity contribution is -0.305. The van der Waals surface area contributed by atoms with E-state index in [1.165, 1.54) is 40.4 Å². The fourth-order valence-corrected chi connectivity index (χ4v) is 4.96. The van der Waals surface area contributed by atoms with Gasteiger partial charge in [0.05, 0.1) is 0 Å². The number of hydrogen-bond donors (Lipinski definition) is 0. The molecule has 106 valence electrons. The molecule has 2 heterocycles. The molecule has 0 bridgehead atoms.